The number of nitrogens with one attached hydrogen (secondary N) is 3. The molecule has 1 aromatic heterocycles. The van der Waals surface area contributed by atoms with Crippen LogP contribution in [-0.4, -0.2) is 46.1 Å². The van der Waals surface area contributed by atoms with Gasteiger partial charge in [-0.05, 0) is 32.4 Å². The Morgan fingerprint density at radius 3 is 2.71 bits per heavy atom. The molecule has 1 aliphatic rings. The average Bonchev–Trinajstić information content (AvgIpc) is 3.00. The van der Waals surface area contributed by atoms with E-state index in [4.69, 9.17) is 0 Å². The number of hydrogen-bond donors (Lipinski definition) is 4. The average molecular weight is 294 g/mol. The zero-order chi connectivity index (χ0) is 15.3. The second kappa shape index (κ2) is 6.71. The quantitative estimate of drug-likeness (QED) is 0.604. The molecule has 1 atom stereocenters. The van der Waals surface area contributed by atoms with Crippen LogP contribution < -0.4 is 10.6 Å². The number of carboxylic acid groups (broad SMARTS) is 1. The van der Waals surface area contributed by atoms with Crippen LogP contribution in [0.2, 0.25) is 0 Å². The molecular weight excluding hydrogens is 272 g/mol. The summed E-state index contributed by atoms with van der Waals surface area (Å²) in [4.78, 5) is 30.7. The van der Waals surface area contributed by atoms with Crippen LogP contribution in [0.4, 0.5) is 0 Å². The lowest BCUT2D eigenvalue weighted by molar-refractivity contribution is -0.144. The molecule has 1 fully saturated rings. The zero-order valence-corrected chi connectivity index (χ0v) is 12.2. The van der Waals surface area contributed by atoms with Crippen LogP contribution in [0.1, 0.15) is 31.9 Å². The summed E-state index contributed by atoms with van der Waals surface area (Å²) in [6.45, 7) is 3.56. The number of carbonyl (C=O) groups is 2. The summed E-state index contributed by atoms with van der Waals surface area (Å²) in [6.07, 6.45) is 5.48. The van der Waals surface area contributed by atoms with E-state index in [0.717, 1.165) is 32.4 Å². The number of H-pyrrole nitrogens is 1. The van der Waals surface area contributed by atoms with Crippen LogP contribution >= 0.6 is 0 Å². The van der Waals surface area contributed by atoms with Gasteiger partial charge in [-0.3, -0.25) is 4.79 Å². The highest BCUT2D eigenvalue weighted by Crippen LogP contribution is 2.32. The van der Waals surface area contributed by atoms with Crippen molar-refractivity contribution < 1.29 is 14.7 Å². The number of hydrogen-bond acceptors (Lipinski definition) is 4. The fourth-order valence-corrected chi connectivity index (χ4v) is 2.77. The summed E-state index contributed by atoms with van der Waals surface area (Å²) in [6, 6.07) is -0.934. The van der Waals surface area contributed by atoms with Gasteiger partial charge >= 0.3 is 5.97 Å². The Hall–Kier alpha value is -1.89. The standard InChI is InChI=1S/C14H22N4O3/c1-2-14(3-5-15-6-4-14)13(21)18-11(12(19)20)7-10-8-16-9-17-10/h8-9,11,15H,2-7H2,1H3,(H,16,17)(H,18,21)(H,19,20)/t11-/m1/s1. The zero-order valence-electron chi connectivity index (χ0n) is 12.2. The molecule has 0 radical (unpaired) electrons. The Morgan fingerprint density at radius 2 is 2.19 bits per heavy atom. The highest BCUT2D eigenvalue weighted by Gasteiger charge is 2.39. The summed E-state index contributed by atoms with van der Waals surface area (Å²) in [5.74, 6) is -1.18. The molecular formula is C14H22N4O3. The normalized spacial score (nSPS) is 18.9. The van der Waals surface area contributed by atoms with E-state index in [1.807, 2.05) is 6.92 Å². The number of carbonyl (C=O) groups excluding carboxylic acids is 1. The number of aromatic nitrogens is 2. The second-order valence-electron chi connectivity index (χ2n) is 5.53. The lowest BCUT2D eigenvalue weighted by Crippen LogP contribution is -2.52. The molecule has 0 bridgehead atoms. The first-order valence-electron chi connectivity index (χ1n) is 7.29. The molecule has 0 aliphatic carbocycles. The van der Waals surface area contributed by atoms with E-state index >= 15 is 0 Å². The largest absolute Gasteiger partial charge is 0.480 e. The molecule has 2 rings (SSSR count). The van der Waals surface area contributed by atoms with Crippen molar-refractivity contribution in [2.45, 2.75) is 38.6 Å². The summed E-state index contributed by atoms with van der Waals surface area (Å²) < 4.78 is 0. The summed E-state index contributed by atoms with van der Waals surface area (Å²) in [7, 11) is 0. The number of amides is 1. The molecule has 7 heteroatoms. The van der Waals surface area contributed by atoms with E-state index in [2.05, 4.69) is 20.6 Å². The number of carboxylic acids is 1. The van der Waals surface area contributed by atoms with Crippen molar-refractivity contribution in [1.82, 2.24) is 20.6 Å². The van der Waals surface area contributed by atoms with Crippen LogP contribution in [0.5, 0.6) is 0 Å². The van der Waals surface area contributed by atoms with Crippen molar-refractivity contribution in [1.29, 1.82) is 0 Å². The second-order valence-corrected chi connectivity index (χ2v) is 5.53. The van der Waals surface area contributed by atoms with Gasteiger partial charge in [-0.25, -0.2) is 9.78 Å². The van der Waals surface area contributed by atoms with Crippen LogP contribution in [0.25, 0.3) is 0 Å². The third kappa shape index (κ3) is 3.60. The fraction of sp³-hybridized carbons (Fsp3) is 0.643. The van der Waals surface area contributed by atoms with E-state index in [1.54, 1.807) is 6.20 Å². The molecule has 4 N–H and O–H groups in total. The van der Waals surface area contributed by atoms with Crippen LogP contribution in [0.15, 0.2) is 12.5 Å². The van der Waals surface area contributed by atoms with Crippen molar-refractivity contribution in [2.24, 2.45) is 5.41 Å². The lowest BCUT2D eigenvalue weighted by atomic mass is 9.75. The topological polar surface area (TPSA) is 107 Å². The van der Waals surface area contributed by atoms with Crippen molar-refractivity contribution in [3.05, 3.63) is 18.2 Å². The Bertz CT molecular complexity index is 480. The summed E-state index contributed by atoms with van der Waals surface area (Å²) in [5.41, 5.74) is 0.242. The Kier molecular flexibility index (Phi) is 4.95. The molecule has 116 valence electrons. The van der Waals surface area contributed by atoms with Gasteiger partial charge in [0.1, 0.15) is 6.04 Å². The molecule has 2 heterocycles. The number of nitrogens with zero attached hydrogens (tertiary/aromatic N) is 1. The maximum atomic E-state index is 12.6. The SMILES string of the molecule is CCC1(C(=O)N[C@H](Cc2cnc[nH]2)C(=O)O)CCNCC1. The molecule has 0 aromatic carbocycles. The van der Waals surface area contributed by atoms with Crippen molar-refractivity contribution in [3.8, 4) is 0 Å². The van der Waals surface area contributed by atoms with Crippen molar-refractivity contribution in [3.63, 3.8) is 0 Å². The molecule has 1 amide bonds. The van der Waals surface area contributed by atoms with Crippen LogP contribution in [0, 0.1) is 5.41 Å². The molecule has 1 aromatic rings. The third-order valence-electron chi connectivity index (χ3n) is 4.30. The predicted molar refractivity (Wildman–Crippen MR) is 76.7 cm³/mol. The van der Waals surface area contributed by atoms with Gasteiger partial charge < -0.3 is 20.7 Å². The molecule has 0 saturated carbocycles. The van der Waals surface area contributed by atoms with E-state index in [-0.39, 0.29) is 12.3 Å². The van der Waals surface area contributed by atoms with E-state index in [1.165, 1.54) is 6.33 Å². The Balaban J connectivity index is 2.05. The van der Waals surface area contributed by atoms with Crippen molar-refractivity contribution in [2.75, 3.05) is 13.1 Å². The van der Waals surface area contributed by atoms with Gasteiger partial charge in [0.2, 0.25) is 5.91 Å². The van der Waals surface area contributed by atoms with Gasteiger partial charge in [0.15, 0.2) is 0 Å². The van der Waals surface area contributed by atoms with Gasteiger partial charge in [0.25, 0.3) is 0 Å². The number of imidazole rings is 1. The minimum absolute atomic E-state index is 0.154. The highest BCUT2D eigenvalue weighted by molar-refractivity contribution is 5.87. The van der Waals surface area contributed by atoms with Gasteiger partial charge in [-0.2, -0.15) is 0 Å². The smallest absolute Gasteiger partial charge is 0.326 e. The van der Waals surface area contributed by atoms with Gasteiger partial charge in [0.05, 0.1) is 11.7 Å². The highest BCUT2D eigenvalue weighted by atomic mass is 16.4. The van der Waals surface area contributed by atoms with Gasteiger partial charge in [-0.1, -0.05) is 6.92 Å². The first kappa shape index (κ1) is 15.5. The Morgan fingerprint density at radius 1 is 1.48 bits per heavy atom. The molecule has 21 heavy (non-hydrogen) atoms. The first-order valence-corrected chi connectivity index (χ1v) is 7.29. The molecule has 0 unspecified atom stereocenters. The van der Waals surface area contributed by atoms with Gasteiger partial charge in [-0.15, -0.1) is 0 Å². The minimum Gasteiger partial charge on any atom is -0.480 e. The molecule has 1 saturated heterocycles. The summed E-state index contributed by atoms with van der Waals surface area (Å²) in [5, 5.41) is 15.2. The molecule has 1 aliphatic heterocycles. The third-order valence-corrected chi connectivity index (χ3v) is 4.30. The van der Waals surface area contributed by atoms with Crippen molar-refractivity contribution >= 4 is 11.9 Å². The van der Waals surface area contributed by atoms with E-state index < -0.39 is 17.4 Å². The number of piperidine rings is 1. The lowest BCUT2D eigenvalue weighted by Gasteiger charge is -2.36. The predicted octanol–water partition coefficient (Wildman–Crippen LogP) is 0.301. The van der Waals surface area contributed by atoms with Crippen LogP contribution in [0.3, 0.4) is 0 Å². The summed E-state index contributed by atoms with van der Waals surface area (Å²) >= 11 is 0. The number of rotatable bonds is 6. The first-order chi connectivity index (χ1) is 10.1. The Labute approximate surface area is 123 Å². The molecule has 0 spiro atoms. The number of aromatic amines is 1. The maximum Gasteiger partial charge on any atom is 0.326 e. The monoisotopic (exact) mass is 294 g/mol. The van der Waals surface area contributed by atoms with Gasteiger partial charge in [0, 0.05) is 18.3 Å². The fourth-order valence-electron chi connectivity index (χ4n) is 2.77. The minimum atomic E-state index is -1.03. The number of aliphatic carboxylic acids is 1. The maximum absolute atomic E-state index is 12.6. The molecule has 7 nitrogen and oxygen atoms in total. The van der Waals surface area contributed by atoms with E-state index in [0.29, 0.717) is 5.69 Å². The van der Waals surface area contributed by atoms with E-state index in [9.17, 15) is 14.7 Å². The van der Waals surface area contributed by atoms with Crippen LogP contribution in [-0.2, 0) is 16.0 Å².